The molecule has 3 heterocycles. The summed E-state index contributed by atoms with van der Waals surface area (Å²) in [6.07, 6.45) is 1.18. The molecule has 152 valence electrons. The van der Waals surface area contributed by atoms with E-state index in [9.17, 15) is 18.0 Å². The zero-order chi connectivity index (χ0) is 20.8. The van der Waals surface area contributed by atoms with Crippen molar-refractivity contribution in [3.63, 3.8) is 0 Å². The van der Waals surface area contributed by atoms with Crippen LogP contribution in [0.3, 0.4) is 0 Å². The van der Waals surface area contributed by atoms with Crippen LogP contribution in [0.2, 0.25) is 5.02 Å². The van der Waals surface area contributed by atoms with Crippen LogP contribution in [0.25, 0.3) is 22.2 Å². The highest BCUT2D eigenvalue weighted by Gasteiger charge is 2.36. The highest BCUT2D eigenvalue weighted by molar-refractivity contribution is 6.35. The lowest BCUT2D eigenvalue weighted by molar-refractivity contribution is -0.0494. The van der Waals surface area contributed by atoms with Crippen molar-refractivity contribution >= 4 is 28.5 Å². The number of rotatable bonds is 3. The molecule has 0 atom stereocenters. The lowest BCUT2D eigenvalue weighted by Gasteiger charge is -2.31. The molecule has 0 N–H and O–H groups in total. The van der Waals surface area contributed by atoms with Crippen molar-refractivity contribution in [2.45, 2.75) is 32.1 Å². The third-order valence-corrected chi connectivity index (χ3v) is 5.39. The van der Waals surface area contributed by atoms with Gasteiger partial charge in [0.15, 0.2) is 5.58 Å². The van der Waals surface area contributed by atoms with Gasteiger partial charge in [0.1, 0.15) is 17.3 Å². The van der Waals surface area contributed by atoms with Crippen LogP contribution in [0, 0.1) is 5.82 Å². The summed E-state index contributed by atoms with van der Waals surface area (Å²) in [6, 6.07) is 6.21. The fraction of sp³-hybridized carbons (Fsp3) is 0.333. The van der Waals surface area contributed by atoms with E-state index in [0.717, 1.165) is 17.2 Å². The van der Waals surface area contributed by atoms with Crippen LogP contribution in [-0.2, 0) is 6.42 Å². The van der Waals surface area contributed by atoms with Gasteiger partial charge in [-0.3, -0.25) is 9.78 Å². The number of benzene rings is 1. The van der Waals surface area contributed by atoms with Gasteiger partial charge in [-0.2, -0.15) is 0 Å². The van der Waals surface area contributed by atoms with Gasteiger partial charge in [0.05, 0.1) is 10.6 Å². The number of hydrogen-bond donors (Lipinski definition) is 0. The highest BCUT2D eigenvalue weighted by atomic mass is 35.5. The maximum absolute atomic E-state index is 14.8. The summed E-state index contributed by atoms with van der Waals surface area (Å²) in [7, 11) is 0. The first-order chi connectivity index (χ1) is 13.8. The van der Waals surface area contributed by atoms with Crippen LogP contribution in [0.1, 0.15) is 35.9 Å². The smallest absolute Gasteiger partial charge is 0.255 e. The van der Waals surface area contributed by atoms with E-state index in [1.807, 2.05) is 13.0 Å². The molecule has 1 aromatic carbocycles. The average Bonchev–Trinajstić information content (AvgIpc) is 3.11. The summed E-state index contributed by atoms with van der Waals surface area (Å²) < 4.78 is 47.0. The number of halogens is 4. The molecule has 1 amide bonds. The first-order valence-electron chi connectivity index (χ1n) is 9.32. The Morgan fingerprint density at radius 1 is 1.24 bits per heavy atom. The molecule has 1 fully saturated rings. The molecule has 4 rings (SSSR count). The van der Waals surface area contributed by atoms with Crippen LogP contribution in [-0.4, -0.2) is 34.8 Å². The summed E-state index contributed by atoms with van der Waals surface area (Å²) in [4.78, 5) is 17.9. The number of likely N-dealkylation sites (tertiary alicyclic amines) is 1. The topological polar surface area (TPSA) is 46.3 Å². The summed E-state index contributed by atoms with van der Waals surface area (Å²) in [6.45, 7) is 1.82. The van der Waals surface area contributed by atoms with Crippen molar-refractivity contribution in [2.24, 2.45) is 0 Å². The Morgan fingerprint density at radius 3 is 2.62 bits per heavy atom. The van der Waals surface area contributed by atoms with E-state index in [1.165, 1.54) is 11.1 Å². The van der Waals surface area contributed by atoms with Gasteiger partial charge in [-0.25, -0.2) is 13.2 Å². The van der Waals surface area contributed by atoms with Crippen molar-refractivity contribution in [1.82, 2.24) is 9.88 Å². The Balaban J connectivity index is 1.62. The quantitative estimate of drug-likeness (QED) is 0.542. The number of aromatic nitrogens is 1. The van der Waals surface area contributed by atoms with E-state index < -0.39 is 30.5 Å². The molecule has 1 saturated heterocycles. The number of piperidine rings is 1. The highest BCUT2D eigenvalue weighted by Crippen LogP contribution is 2.34. The van der Waals surface area contributed by atoms with Crippen molar-refractivity contribution < 1.29 is 22.4 Å². The molecule has 3 aromatic rings. The molecule has 0 bridgehead atoms. The Kier molecular flexibility index (Phi) is 5.02. The van der Waals surface area contributed by atoms with Crippen molar-refractivity contribution in [3.8, 4) is 11.3 Å². The molecule has 1 aliphatic heterocycles. The lowest BCUT2D eigenvalue weighted by atomic mass is 10.0. The maximum Gasteiger partial charge on any atom is 0.255 e. The second kappa shape index (κ2) is 7.37. The van der Waals surface area contributed by atoms with Crippen LogP contribution in [0.15, 0.2) is 34.9 Å². The molecule has 4 nitrogen and oxygen atoms in total. The van der Waals surface area contributed by atoms with Crippen molar-refractivity contribution in [2.75, 3.05) is 13.1 Å². The van der Waals surface area contributed by atoms with Gasteiger partial charge in [-0.15, -0.1) is 0 Å². The van der Waals surface area contributed by atoms with E-state index in [2.05, 4.69) is 4.98 Å². The summed E-state index contributed by atoms with van der Waals surface area (Å²) in [5.41, 5.74) is 1.07. The number of furan rings is 1. The van der Waals surface area contributed by atoms with Crippen molar-refractivity contribution in [3.05, 3.63) is 52.6 Å². The first kappa shape index (κ1) is 19.8. The van der Waals surface area contributed by atoms with Gasteiger partial charge < -0.3 is 9.32 Å². The molecule has 1 aliphatic rings. The fourth-order valence-electron chi connectivity index (χ4n) is 3.46. The zero-order valence-electron chi connectivity index (χ0n) is 15.6. The van der Waals surface area contributed by atoms with Gasteiger partial charge in [-0.05, 0) is 24.3 Å². The number of hydrogen-bond acceptors (Lipinski definition) is 3. The van der Waals surface area contributed by atoms with Crippen LogP contribution < -0.4 is 0 Å². The van der Waals surface area contributed by atoms with Crippen LogP contribution in [0.4, 0.5) is 13.2 Å². The lowest BCUT2D eigenvalue weighted by Crippen LogP contribution is -2.42. The number of carbonyl (C=O) groups excluding carboxylic acids is 1. The fourth-order valence-corrected chi connectivity index (χ4v) is 3.73. The predicted octanol–water partition coefficient (Wildman–Crippen LogP) is 5.72. The third-order valence-electron chi connectivity index (χ3n) is 5.11. The SMILES string of the molecule is CCc1cc2cc(-c3ncc(C(=O)N4CCC(F)(F)CC4)cc3F)cc(Cl)c2o1. The zero-order valence-corrected chi connectivity index (χ0v) is 16.4. The number of pyridine rings is 1. The maximum atomic E-state index is 14.8. The molecular formula is C21H18ClF3N2O2. The number of aryl methyl sites for hydroxylation is 1. The van der Waals surface area contributed by atoms with Gasteiger partial charge >= 0.3 is 0 Å². The molecule has 8 heteroatoms. The minimum atomic E-state index is -2.76. The number of alkyl halides is 2. The van der Waals surface area contributed by atoms with Gasteiger partial charge in [-0.1, -0.05) is 18.5 Å². The molecule has 29 heavy (non-hydrogen) atoms. The summed E-state index contributed by atoms with van der Waals surface area (Å²) >= 11 is 6.28. The predicted molar refractivity (Wildman–Crippen MR) is 104 cm³/mol. The number of nitrogens with zero attached hydrogens (tertiary/aromatic N) is 2. The minimum absolute atomic E-state index is 0.0280. The Labute approximate surface area is 170 Å². The molecule has 0 spiro atoms. The molecule has 0 unspecified atom stereocenters. The van der Waals surface area contributed by atoms with Crippen LogP contribution >= 0.6 is 11.6 Å². The van der Waals surface area contributed by atoms with Crippen LogP contribution in [0.5, 0.6) is 0 Å². The number of fused-ring (bicyclic) bond motifs is 1. The normalized spacial score (nSPS) is 16.4. The second-order valence-corrected chi connectivity index (χ2v) is 7.55. The molecule has 2 aromatic heterocycles. The molecule has 0 radical (unpaired) electrons. The van der Waals surface area contributed by atoms with Gasteiger partial charge in [0, 0.05) is 49.5 Å². The van der Waals surface area contributed by atoms with E-state index in [-0.39, 0.29) is 24.3 Å². The minimum Gasteiger partial charge on any atom is -0.460 e. The Bertz CT molecular complexity index is 1090. The van der Waals surface area contributed by atoms with Crippen molar-refractivity contribution in [1.29, 1.82) is 0 Å². The van der Waals surface area contributed by atoms with E-state index >= 15 is 0 Å². The van der Waals surface area contributed by atoms with E-state index in [0.29, 0.717) is 22.6 Å². The largest absolute Gasteiger partial charge is 0.460 e. The summed E-state index contributed by atoms with van der Waals surface area (Å²) in [5.74, 6) is -3.19. The average molecular weight is 423 g/mol. The van der Waals surface area contributed by atoms with Gasteiger partial charge in [0.25, 0.3) is 11.8 Å². The van der Waals surface area contributed by atoms with E-state index in [4.69, 9.17) is 16.0 Å². The number of carbonyl (C=O) groups is 1. The van der Waals surface area contributed by atoms with E-state index in [1.54, 1.807) is 12.1 Å². The third kappa shape index (κ3) is 3.83. The molecule has 0 saturated carbocycles. The summed E-state index contributed by atoms with van der Waals surface area (Å²) in [5, 5.41) is 1.08. The molecular weight excluding hydrogens is 405 g/mol. The van der Waals surface area contributed by atoms with Gasteiger partial charge in [0.2, 0.25) is 0 Å². The second-order valence-electron chi connectivity index (χ2n) is 7.15. The first-order valence-corrected chi connectivity index (χ1v) is 9.70. The molecule has 0 aliphatic carbocycles. The monoisotopic (exact) mass is 422 g/mol. The standard InChI is InChI=1S/C21H18ClF3N2O2/c1-2-15-8-13-7-12(9-16(22)19(13)29-15)18-17(23)10-14(11-26-18)20(28)27-5-3-21(24,25)4-6-27/h7-11H,2-6H2,1H3. The number of amides is 1. The Hall–Kier alpha value is -2.54. The Morgan fingerprint density at radius 2 is 1.97 bits per heavy atom.